The van der Waals surface area contributed by atoms with Crippen LogP contribution in [0.1, 0.15) is 35.3 Å². The molecule has 21 heavy (non-hydrogen) atoms. The molecule has 0 saturated heterocycles. The molecule has 0 aliphatic carbocycles. The summed E-state index contributed by atoms with van der Waals surface area (Å²) in [5.41, 5.74) is 4.98. The molecule has 0 fully saturated rings. The van der Waals surface area contributed by atoms with Crippen molar-refractivity contribution in [2.45, 2.75) is 33.2 Å². The van der Waals surface area contributed by atoms with E-state index in [4.69, 9.17) is 4.74 Å². The highest BCUT2D eigenvalue weighted by atomic mass is 16.5. The van der Waals surface area contributed by atoms with E-state index in [1.807, 2.05) is 6.07 Å². The van der Waals surface area contributed by atoms with E-state index in [-0.39, 0.29) is 6.04 Å². The molecule has 1 unspecified atom stereocenters. The van der Waals surface area contributed by atoms with Gasteiger partial charge in [-0.15, -0.1) is 0 Å². The van der Waals surface area contributed by atoms with Crippen molar-refractivity contribution in [1.29, 1.82) is 0 Å². The van der Waals surface area contributed by atoms with Gasteiger partial charge in [-0.1, -0.05) is 25.1 Å². The van der Waals surface area contributed by atoms with Crippen LogP contribution in [0, 0.1) is 13.8 Å². The fraction of sp³-hybridized carbons (Fsp3) is 0.412. The molecule has 0 spiro atoms. The second-order valence-corrected chi connectivity index (χ2v) is 5.17. The number of likely N-dealkylation sites (N-methyl/N-ethyl adjacent to an activating group) is 1. The van der Waals surface area contributed by atoms with Gasteiger partial charge in [0.05, 0.1) is 18.8 Å². The third-order valence-electron chi connectivity index (χ3n) is 3.73. The first-order valence-corrected chi connectivity index (χ1v) is 7.30. The van der Waals surface area contributed by atoms with Crippen LogP contribution in [0.5, 0.6) is 5.88 Å². The van der Waals surface area contributed by atoms with E-state index in [0.29, 0.717) is 5.88 Å². The lowest BCUT2D eigenvalue weighted by Gasteiger charge is -2.20. The van der Waals surface area contributed by atoms with Crippen LogP contribution in [0.25, 0.3) is 0 Å². The van der Waals surface area contributed by atoms with Gasteiger partial charge in [0.25, 0.3) is 0 Å². The number of nitrogens with zero attached hydrogens (tertiary/aromatic N) is 2. The number of methoxy groups -OCH3 is 1. The second-order valence-electron chi connectivity index (χ2n) is 5.17. The molecule has 0 amide bonds. The zero-order valence-corrected chi connectivity index (χ0v) is 13.2. The zero-order valence-electron chi connectivity index (χ0n) is 13.2. The SMILES string of the molecule is CCNC(Cc1c(C)cccc1C)c1cc(OC)ncn1. The minimum Gasteiger partial charge on any atom is -0.481 e. The fourth-order valence-electron chi connectivity index (χ4n) is 2.56. The predicted molar refractivity (Wildman–Crippen MR) is 84.6 cm³/mol. The summed E-state index contributed by atoms with van der Waals surface area (Å²) in [6, 6.07) is 8.48. The molecule has 4 heteroatoms. The molecular formula is C17H23N3O. The first-order valence-electron chi connectivity index (χ1n) is 7.30. The highest BCUT2D eigenvalue weighted by Gasteiger charge is 2.16. The summed E-state index contributed by atoms with van der Waals surface area (Å²) < 4.78 is 5.20. The van der Waals surface area contributed by atoms with Crippen LogP contribution in [-0.4, -0.2) is 23.6 Å². The maximum absolute atomic E-state index is 5.20. The summed E-state index contributed by atoms with van der Waals surface area (Å²) >= 11 is 0. The number of aromatic nitrogens is 2. The van der Waals surface area contributed by atoms with Gasteiger partial charge in [-0.25, -0.2) is 9.97 Å². The molecule has 112 valence electrons. The Morgan fingerprint density at radius 1 is 1.19 bits per heavy atom. The third-order valence-corrected chi connectivity index (χ3v) is 3.73. The molecule has 0 bridgehead atoms. The number of benzene rings is 1. The predicted octanol–water partition coefficient (Wildman–Crippen LogP) is 3.00. The van der Waals surface area contributed by atoms with Crippen molar-refractivity contribution in [2.24, 2.45) is 0 Å². The Hall–Kier alpha value is -1.94. The Morgan fingerprint density at radius 2 is 1.90 bits per heavy atom. The molecule has 1 heterocycles. The molecule has 1 N–H and O–H groups in total. The molecule has 0 aliphatic heterocycles. The Labute approximate surface area is 126 Å². The van der Waals surface area contributed by atoms with Crippen LogP contribution in [0.3, 0.4) is 0 Å². The van der Waals surface area contributed by atoms with Crippen molar-refractivity contribution in [1.82, 2.24) is 15.3 Å². The Morgan fingerprint density at radius 3 is 2.52 bits per heavy atom. The molecule has 1 aromatic heterocycles. The molecule has 0 radical (unpaired) electrons. The maximum Gasteiger partial charge on any atom is 0.216 e. The number of nitrogens with one attached hydrogen (secondary N) is 1. The van der Waals surface area contributed by atoms with Crippen molar-refractivity contribution >= 4 is 0 Å². The summed E-state index contributed by atoms with van der Waals surface area (Å²) in [5, 5.41) is 3.51. The standard InChI is InChI=1S/C17H23N3O/c1-5-18-15(16-10-17(21-4)20-11-19-16)9-14-12(2)7-6-8-13(14)3/h6-8,10-11,15,18H,5,9H2,1-4H3. The number of ether oxygens (including phenoxy) is 1. The summed E-state index contributed by atoms with van der Waals surface area (Å²) in [5.74, 6) is 0.601. The quantitative estimate of drug-likeness (QED) is 0.886. The van der Waals surface area contributed by atoms with Gasteiger partial charge in [-0.3, -0.25) is 0 Å². The molecule has 1 aromatic carbocycles. The Kier molecular flexibility index (Phi) is 5.28. The van der Waals surface area contributed by atoms with Crippen molar-refractivity contribution in [3.8, 4) is 5.88 Å². The summed E-state index contributed by atoms with van der Waals surface area (Å²) in [4.78, 5) is 8.49. The van der Waals surface area contributed by atoms with Crippen LogP contribution in [-0.2, 0) is 6.42 Å². The van der Waals surface area contributed by atoms with Gasteiger partial charge < -0.3 is 10.1 Å². The zero-order chi connectivity index (χ0) is 15.2. The van der Waals surface area contributed by atoms with E-state index in [2.05, 4.69) is 54.3 Å². The molecular weight excluding hydrogens is 262 g/mol. The van der Waals surface area contributed by atoms with E-state index in [1.54, 1.807) is 13.4 Å². The molecule has 0 saturated carbocycles. The summed E-state index contributed by atoms with van der Waals surface area (Å²) in [7, 11) is 1.62. The molecule has 2 rings (SSSR count). The second kappa shape index (κ2) is 7.18. The molecule has 4 nitrogen and oxygen atoms in total. The number of aryl methyl sites for hydroxylation is 2. The van der Waals surface area contributed by atoms with Crippen LogP contribution in [0.2, 0.25) is 0 Å². The van der Waals surface area contributed by atoms with Gasteiger partial charge in [0, 0.05) is 6.07 Å². The van der Waals surface area contributed by atoms with E-state index < -0.39 is 0 Å². The van der Waals surface area contributed by atoms with E-state index >= 15 is 0 Å². The van der Waals surface area contributed by atoms with Crippen molar-refractivity contribution < 1.29 is 4.74 Å². The topological polar surface area (TPSA) is 47.0 Å². The number of rotatable bonds is 6. The monoisotopic (exact) mass is 285 g/mol. The lowest BCUT2D eigenvalue weighted by atomic mass is 9.95. The van der Waals surface area contributed by atoms with Gasteiger partial charge >= 0.3 is 0 Å². The summed E-state index contributed by atoms with van der Waals surface area (Å²) in [6.45, 7) is 7.32. The third kappa shape index (κ3) is 3.79. The highest BCUT2D eigenvalue weighted by Crippen LogP contribution is 2.23. The molecule has 1 atom stereocenters. The number of hydrogen-bond acceptors (Lipinski definition) is 4. The van der Waals surface area contributed by atoms with Crippen LogP contribution >= 0.6 is 0 Å². The lowest BCUT2D eigenvalue weighted by Crippen LogP contribution is -2.24. The van der Waals surface area contributed by atoms with Crippen molar-refractivity contribution in [3.05, 3.63) is 53.0 Å². The minimum absolute atomic E-state index is 0.159. The average molecular weight is 285 g/mol. The highest BCUT2D eigenvalue weighted by molar-refractivity contribution is 5.35. The molecule has 0 aliphatic rings. The van der Waals surface area contributed by atoms with Crippen molar-refractivity contribution in [2.75, 3.05) is 13.7 Å². The smallest absolute Gasteiger partial charge is 0.216 e. The normalized spacial score (nSPS) is 12.2. The summed E-state index contributed by atoms with van der Waals surface area (Å²) in [6.07, 6.45) is 2.47. The van der Waals surface area contributed by atoms with Crippen LogP contribution < -0.4 is 10.1 Å². The largest absolute Gasteiger partial charge is 0.481 e. The first-order chi connectivity index (χ1) is 10.2. The Bertz CT molecular complexity index is 578. The van der Waals surface area contributed by atoms with Crippen molar-refractivity contribution in [3.63, 3.8) is 0 Å². The van der Waals surface area contributed by atoms with Gasteiger partial charge in [0.2, 0.25) is 5.88 Å². The number of hydrogen-bond donors (Lipinski definition) is 1. The van der Waals surface area contributed by atoms with Crippen LogP contribution in [0.4, 0.5) is 0 Å². The maximum atomic E-state index is 5.20. The van der Waals surface area contributed by atoms with E-state index in [1.165, 1.54) is 16.7 Å². The van der Waals surface area contributed by atoms with E-state index in [0.717, 1.165) is 18.7 Å². The van der Waals surface area contributed by atoms with Gasteiger partial charge in [0.1, 0.15) is 6.33 Å². The first kappa shape index (κ1) is 15.4. The average Bonchev–Trinajstić information content (AvgIpc) is 2.50. The molecule has 2 aromatic rings. The Balaban J connectivity index is 2.30. The fourth-order valence-corrected chi connectivity index (χ4v) is 2.56. The lowest BCUT2D eigenvalue weighted by molar-refractivity contribution is 0.393. The van der Waals surface area contributed by atoms with Gasteiger partial charge in [-0.2, -0.15) is 0 Å². The van der Waals surface area contributed by atoms with E-state index in [9.17, 15) is 0 Å². The van der Waals surface area contributed by atoms with Crippen LogP contribution in [0.15, 0.2) is 30.6 Å². The van der Waals surface area contributed by atoms with Gasteiger partial charge in [-0.05, 0) is 43.5 Å². The minimum atomic E-state index is 0.159. The van der Waals surface area contributed by atoms with Gasteiger partial charge in [0.15, 0.2) is 0 Å².